The van der Waals surface area contributed by atoms with Crippen molar-refractivity contribution in [1.29, 1.82) is 0 Å². The Bertz CT molecular complexity index is 1070. The molecule has 33 heavy (non-hydrogen) atoms. The normalized spacial score (nSPS) is 16.4. The van der Waals surface area contributed by atoms with Gasteiger partial charge in [0.1, 0.15) is 17.1 Å². The summed E-state index contributed by atoms with van der Waals surface area (Å²) in [5, 5.41) is 7.22. The summed E-state index contributed by atoms with van der Waals surface area (Å²) in [7, 11) is 1.52. The second-order valence-electron chi connectivity index (χ2n) is 8.59. The van der Waals surface area contributed by atoms with E-state index in [2.05, 4.69) is 17.0 Å². The lowest BCUT2D eigenvalue weighted by molar-refractivity contribution is -0.148. The van der Waals surface area contributed by atoms with Crippen LogP contribution in [0, 0.1) is 11.2 Å². The molecule has 178 valence electrons. The molecular weight excluding hydrogens is 425 g/mol. The average molecular weight is 458 g/mol. The van der Waals surface area contributed by atoms with Crippen molar-refractivity contribution in [3.63, 3.8) is 0 Å². The molecule has 8 nitrogen and oxygen atoms in total. The van der Waals surface area contributed by atoms with E-state index in [9.17, 15) is 14.0 Å². The van der Waals surface area contributed by atoms with Crippen molar-refractivity contribution in [2.75, 3.05) is 32.5 Å². The summed E-state index contributed by atoms with van der Waals surface area (Å²) in [4.78, 5) is 26.1. The number of halogens is 1. The van der Waals surface area contributed by atoms with E-state index in [0.717, 1.165) is 19.3 Å². The number of carbonyl (C=O) groups is 2. The molecule has 1 spiro atoms. The Hall–Kier alpha value is -3.36. The number of rotatable bonds is 7. The van der Waals surface area contributed by atoms with Gasteiger partial charge in [0.25, 0.3) is 5.91 Å². The largest absolute Gasteiger partial charge is 0.491 e. The molecule has 1 aromatic heterocycles. The monoisotopic (exact) mass is 457 g/mol. The third-order valence-electron chi connectivity index (χ3n) is 6.29. The maximum atomic E-state index is 14.6. The van der Waals surface area contributed by atoms with E-state index in [1.807, 2.05) is 6.92 Å². The highest BCUT2D eigenvalue weighted by atomic mass is 19.1. The number of benzene rings is 1. The van der Waals surface area contributed by atoms with Crippen LogP contribution in [0.4, 0.5) is 10.2 Å². The molecule has 1 saturated heterocycles. The first kappa shape index (κ1) is 24.3. The van der Waals surface area contributed by atoms with Crippen molar-refractivity contribution < 1.29 is 18.7 Å². The summed E-state index contributed by atoms with van der Waals surface area (Å²) in [6.07, 6.45) is 3.72. The summed E-state index contributed by atoms with van der Waals surface area (Å²) in [6.45, 7) is 7.27. The Morgan fingerprint density at radius 1 is 1.39 bits per heavy atom. The van der Waals surface area contributed by atoms with Gasteiger partial charge in [0.15, 0.2) is 11.6 Å². The SMILES string of the molecule is C.C=CC(=O)N1CC2(CC(n3nc(-c4ccc(OCCC)c(F)c4)c(C(=O)NC)c3N)C2)C1. The van der Waals surface area contributed by atoms with E-state index in [4.69, 9.17) is 10.5 Å². The molecule has 1 aliphatic heterocycles. The minimum absolute atomic E-state index is 0. The van der Waals surface area contributed by atoms with E-state index in [0.29, 0.717) is 31.0 Å². The third kappa shape index (κ3) is 4.19. The second-order valence-corrected chi connectivity index (χ2v) is 8.59. The van der Waals surface area contributed by atoms with Crippen molar-refractivity contribution in [1.82, 2.24) is 20.0 Å². The van der Waals surface area contributed by atoms with Crippen LogP contribution in [0.5, 0.6) is 5.75 Å². The van der Waals surface area contributed by atoms with Crippen LogP contribution in [-0.4, -0.2) is 53.2 Å². The lowest BCUT2D eigenvalue weighted by atomic mass is 9.60. The average Bonchev–Trinajstić information content (AvgIpc) is 3.07. The van der Waals surface area contributed by atoms with Crippen LogP contribution in [0.2, 0.25) is 0 Å². The van der Waals surface area contributed by atoms with Gasteiger partial charge in [-0.05, 0) is 43.5 Å². The maximum Gasteiger partial charge on any atom is 0.257 e. The quantitative estimate of drug-likeness (QED) is 0.621. The summed E-state index contributed by atoms with van der Waals surface area (Å²) >= 11 is 0. The van der Waals surface area contributed by atoms with Crippen LogP contribution < -0.4 is 15.8 Å². The van der Waals surface area contributed by atoms with Crippen molar-refractivity contribution in [2.24, 2.45) is 5.41 Å². The van der Waals surface area contributed by atoms with Gasteiger partial charge in [0.2, 0.25) is 5.91 Å². The second kappa shape index (κ2) is 9.25. The fourth-order valence-corrected chi connectivity index (χ4v) is 4.67. The molecule has 3 N–H and O–H groups in total. The summed E-state index contributed by atoms with van der Waals surface area (Å²) in [6, 6.07) is 4.56. The fraction of sp³-hybridized carbons (Fsp3) is 0.458. The topological polar surface area (TPSA) is 102 Å². The van der Waals surface area contributed by atoms with E-state index in [1.54, 1.807) is 21.7 Å². The first-order chi connectivity index (χ1) is 15.3. The summed E-state index contributed by atoms with van der Waals surface area (Å²) in [5.41, 5.74) is 7.44. The molecule has 2 heterocycles. The van der Waals surface area contributed by atoms with Crippen molar-refractivity contribution in [3.8, 4) is 17.0 Å². The number of hydrogen-bond acceptors (Lipinski definition) is 5. The number of amides is 2. The highest BCUT2D eigenvalue weighted by Crippen LogP contribution is 2.55. The van der Waals surface area contributed by atoms with E-state index < -0.39 is 5.82 Å². The van der Waals surface area contributed by atoms with Crippen molar-refractivity contribution in [3.05, 3.63) is 42.2 Å². The number of nitrogens with zero attached hydrogens (tertiary/aromatic N) is 3. The van der Waals surface area contributed by atoms with Gasteiger partial charge in [-0.2, -0.15) is 5.10 Å². The molecule has 0 unspecified atom stereocenters. The predicted molar refractivity (Wildman–Crippen MR) is 125 cm³/mol. The lowest BCUT2D eigenvalue weighted by Gasteiger charge is -2.58. The Morgan fingerprint density at radius 3 is 2.67 bits per heavy atom. The van der Waals surface area contributed by atoms with Crippen LogP contribution in [0.25, 0.3) is 11.3 Å². The molecule has 2 aromatic rings. The number of nitrogen functional groups attached to an aromatic ring is 1. The molecule has 0 radical (unpaired) electrons. The van der Waals surface area contributed by atoms with Crippen LogP contribution in [0.3, 0.4) is 0 Å². The van der Waals surface area contributed by atoms with Gasteiger partial charge in [-0.25, -0.2) is 9.07 Å². The molecule has 0 atom stereocenters. The molecule has 2 aliphatic rings. The summed E-state index contributed by atoms with van der Waals surface area (Å²) < 4.78 is 21.6. The molecule has 1 aliphatic carbocycles. The summed E-state index contributed by atoms with van der Waals surface area (Å²) in [5.74, 6) is -0.541. The first-order valence-electron chi connectivity index (χ1n) is 10.8. The van der Waals surface area contributed by atoms with Gasteiger partial charge in [-0.1, -0.05) is 20.9 Å². The highest BCUT2D eigenvalue weighted by molar-refractivity contribution is 6.04. The van der Waals surface area contributed by atoms with Crippen molar-refractivity contribution in [2.45, 2.75) is 39.7 Å². The van der Waals surface area contributed by atoms with Gasteiger partial charge in [-0.15, -0.1) is 0 Å². The fourth-order valence-electron chi connectivity index (χ4n) is 4.67. The van der Waals surface area contributed by atoms with E-state index in [-0.39, 0.29) is 47.8 Å². The number of nitrogens with one attached hydrogen (secondary N) is 1. The Morgan fingerprint density at radius 2 is 2.09 bits per heavy atom. The molecule has 9 heteroatoms. The zero-order chi connectivity index (χ0) is 23.0. The Balaban J connectivity index is 0.00000306. The van der Waals surface area contributed by atoms with Gasteiger partial charge in [0, 0.05) is 31.1 Å². The van der Waals surface area contributed by atoms with Crippen LogP contribution in [-0.2, 0) is 4.79 Å². The number of likely N-dealkylation sites (tertiary alicyclic amines) is 1. The lowest BCUT2D eigenvalue weighted by Crippen LogP contribution is -2.63. The minimum atomic E-state index is -0.518. The van der Waals surface area contributed by atoms with Crippen molar-refractivity contribution >= 4 is 17.6 Å². The number of aromatic nitrogens is 2. The molecule has 2 amide bonds. The standard InChI is InChI=1S/C23H28FN5O3.CH4/c1-4-8-32-17-7-6-14(9-16(17)24)20-19(22(31)26-3)21(25)29(27-20)15-10-23(11-15)12-28(13-23)18(30)5-2;/h5-7,9,15H,2,4,8,10-13,25H2,1,3H3,(H,26,31);1H4. The minimum Gasteiger partial charge on any atom is -0.491 e. The molecule has 2 fully saturated rings. The molecule has 1 aromatic carbocycles. The molecule has 4 rings (SSSR count). The molecule has 1 saturated carbocycles. The predicted octanol–water partition coefficient (Wildman–Crippen LogP) is 3.41. The molecule has 0 bridgehead atoms. The molecular formula is C24H32FN5O3. The smallest absolute Gasteiger partial charge is 0.257 e. The van der Waals surface area contributed by atoms with Crippen LogP contribution >= 0.6 is 0 Å². The van der Waals surface area contributed by atoms with Gasteiger partial charge < -0.3 is 20.7 Å². The van der Waals surface area contributed by atoms with Crippen LogP contribution in [0.15, 0.2) is 30.9 Å². The first-order valence-corrected chi connectivity index (χ1v) is 10.8. The van der Waals surface area contributed by atoms with E-state index in [1.165, 1.54) is 19.2 Å². The Labute approximate surface area is 193 Å². The van der Waals surface area contributed by atoms with Gasteiger partial charge >= 0.3 is 0 Å². The highest BCUT2D eigenvalue weighted by Gasteiger charge is 2.54. The number of hydrogen-bond donors (Lipinski definition) is 2. The Kier molecular flexibility index (Phi) is 6.81. The number of ether oxygens (including phenoxy) is 1. The number of anilines is 1. The zero-order valence-electron chi connectivity index (χ0n) is 18.4. The van der Waals surface area contributed by atoms with Gasteiger partial charge in [0.05, 0.1) is 12.6 Å². The third-order valence-corrected chi connectivity index (χ3v) is 6.29. The maximum absolute atomic E-state index is 14.6. The van der Waals surface area contributed by atoms with Crippen LogP contribution in [0.1, 0.15) is 50.0 Å². The van der Waals surface area contributed by atoms with Gasteiger partial charge in [-0.3, -0.25) is 9.59 Å². The number of nitrogens with two attached hydrogens (primary N) is 1. The zero-order valence-corrected chi connectivity index (χ0v) is 18.4. The number of carbonyl (C=O) groups excluding carboxylic acids is 2. The van der Waals surface area contributed by atoms with E-state index >= 15 is 0 Å².